The number of hydrogen-bond donors (Lipinski definition) is 4. The maximum atomic E-state index is 14.0. The summed E-state index contributed by atoms with van der Waals surface area (Å²) in [5.74, 6) is 0.357. The van der Waals surface area contributed by atoms with Crippen LogP contribution in [0.4, 0.5) is 5.69 Å². The molecule has 1 aromatic heterocycles. The van der Waals surface area contributed by atoms with Crippen LogP contribution in [0.3, 0.4) is 0 Å². The fourth-order valence-corrected chi connectivity index (χ4v) is 7.40. The normalized spacial score (nSPS) is 24.4. The van der Waals surface area contributed by atoms with Gasteiger partial charge in [-0.15, -0.1) is 0 Å². The van der Waals surface area contributed by atoms with Crippen molar-refractivity contribution in [3.05, 3.63) is 77.6 Å². The summed E-state index contributed by atoms with van der Waals surface area (Å²) in [5.41, 5.74) is 4.73. The Bertz CT molecular complexity index is 1600. The van der Waals surface area contributed by atoms with Gasteiger partial charge in [0.25, 0.3) is 5.91 Å². The Morgan fingerprint density at radius 1 is 1.14 bits per heavy atom. The van der Waals surface area contributed by atoms with E-state index in [1.54, 1.807) is 31.5 Å². The Hall–Kier alpha value is -4.03. The fourth-order valence-electron chi connectivity index (χ4n) is 7.40. The van der Waals surface area contributed by atoms with E-state index in [4.69, 9.17) is 9.57 Å². The number of benzene rings is 2. The molecule has 3 aromatic rings. The maximum Gasteiger partial charge on any atom is 0.251 e. The summed E-state index contributed by atoms with van der Waals surface area (Å²) in [6.07, 6.45) is 5.63. The van der Waals surface area contributed by atoms with Crippen molar-refractivity contribution in [1.29, 1.82) is 0 Å². The van der Waals surface area contributed by atoms with Crippen molar-refractivity contribution in [1.82, 2.24) is 20.7 Å². The monoisotopic (exact) mass is 687 g/mol. The molecule has 0 spiro atoms. The number of carbonyl (C=O) groups is 2. The highest BCUT2D eigenvalue weighted by Gasteiger charge is 2.50. The molecule has 2 aliphatic rings. The standard InChI is InChI=1S/C39H53N5O6/c1-24-10-7-14-33(25(24)2)42-39(48)36-35(26(3)46)34(23-45)50-44(36)22-28-12-8-13-32(37(28)49-6)29-18-30(20-31(19-29)43(4)5)38(47)41-17-15-27-11-9-16-40-21-27/h8-9,11-13,16,18-21,24-26,33-36,45-46H,7,10,14-15,17,22-23H2,1-6H3,(H,41,47)(H,42,48)/t24-,25+,26+,33+,34+,35+,36+/m1/s1. The third-order valence-corrected chi connectivity index (χ3v) is 10.5. The highest BCUT2D eigenvalue weighted by Crippen LogP contribution is 2.39. The maximum absolute atomic E-state index is 14.0. The highest BCUT2D eigenvalue weighted by molar-refractivity contribution is 5.97. The van der Waals surface area contributed by atoms with Crippen LogP contribution in [0.15, 0.2) is 60.9 Å². The second kappa shape index (κ2) is 16.8. The van der Waals surface area contributed by atoms with Crippen LogP contribution in [0.25, 0.3) is 11.1 Å². The first-order valence-electron chi connectivity index (χ1n) is 17.7. The topological polar surface area (TPSA) is 136 Å². The summed E-state index contributed by atoms with van der Waals surface area (Å²) in [6.45, 7) is 6.34. The summed E-state index contributed by atoms with van der Waals surface area (Å²) in [6, 6.07) is 14.6. The molecule has 2 aromatic carbocycles. The summed E-state index contributed by atoms with van der Waals surface area (Å²) >= 11 is 0. The van der Waals surface area contributed by atoms with Crippen LogP contribution >= 0.6 is 0 Å². The van der Waals surface area contributed by atoms with Crippen molar-refractivity contribution in [3.8, 4) is 16.9 Å². The molecular formula is C39H53N5O6. The first-order chi connectivity index (χ1) is 24.0. The van der Waals surface area contributed by atoms with Gasteiger partial charge in [-0.25, -0.2) is 0 Å². The van der Waals surface area contributed by atoms with Gasteiger partial charge in [0.1, 0.15) is 17.9 Å². The van der Waals surface area contributed by atoms with Gasteiger partial charge < -0.3 is 30.5 Å². The molecule has 2 heterocycles. The zero-order valence-corrected chi connectivity index (χ0v) is 30.1. The van der Waals surface area contributed by atoms with Crippen molar-refractivity contribution in [2.24, 2.45) is 17.8 Å². The summed E-state index contributed by atoms with van der Waals surface area (Å²) in [5, 5.41) is 29.0. The Morgan fingerprint density at radius 3 is 2.62 bits per heavy atom. The number of anilines is 1. The van der Waals surface area contributed by atoms with Crippen LogP contribution in [0.5, 0.6) is 5.75 Å². The lowest BCUT2D eigenvalue weighted by atomic mass is 9.77. The Labute approximate surface area is 295 Å². The molecule has 0 radical (unpaired) electrons. The molecule has 11 heteroatoms. The van der Waals surface area contributed by atoms with Crippen molar-refractivity contribution in [3.63, 3.8) is 0 Å². The zero-order valence-electron chi connectivity index (χ0n) is 30.1. The largest absolute Gasteiger partial charge is 0.496 e. The van der Waals surface area contributed by atoms with Gasteiger partial charge in [0.05, 0.1) is 26.4 Å². The molecular weight excluding hydrogens is 634 g/mol. The van der Waals surface area contributed by atoms with E-state index in [1.165, 1.54) is 0 Å². The number of pyridine rings is 1. The zero-order chi connectivity index (χ0) is 35.9. The van der Waals surface area contributed by atoms with E-state index in [0.29, 0.717) is 36.1 Å². The lowest BCUT2D eigenvalue weighted by Gasteiger charge is -2.36. The first-order valence-corrected chi connectivity index (χ1v) is 17.7. The smallest absolute Gasteiger partial charge is 0.251 e. The van der Waals surface area contributed by atoms with Crippen molar-refractivity contribution in [2.45, 2.75) is 77.3 Å². The van der Waals surface area contributed by atoms with Gasteiger partial charge in [-0.05, 0) is 67.0 Å². The van der Waals surface area contributed by atoms with Crippen LogP contribution < -0.4 is 20.3 Å². The van der Waals surface area contributed by atoms with Crippen LogP contribution in [0, 0.1) is 17.8 Å². The summed E-state index contributed by atoms with van der Waals surface area (Å²) < 4.78 is 6.02. The first kappa shape index (κ1) is 37.2. The van der Waals surface area contributed by atoms with Gasteiger partial charge in [0.15, 0.2) is 0 Å². The number of nitrogens with zero attached hydrogens (tertiary/aromatic N) is 3. The molecule has 7 atom stereocenters. The lowest BCUT2D eigenvalue weighted by Crippen LogP contribution is -2.53. The Kier molecular flexibility index (Phi) is 12.5. The van der Waals surface area contributed by atoms with Gasteiger partial charge in [0.2, 0.25) is 5.91 Å². The number of amides is 2. The number of aliphatic hydroxyl groups is 2. The molecule has 4 N–H and O–H groups in total. The molecule has 0 bridgehead atoms. The average Bonchev–Trinajstić information content (AvgIpc) is 3.49. The van der Waals surface area contributed by atoms with E-state index >= 15 is 0 Å². The van der Waals surface area contributed by atoms with E-state index in [0.717, 1.165) is 47.2 Å². The van der Waals surface area contributed by atoms with Gasteiger partial charge >= 0.3 is 0 Å². The molecule has 1 aliphatic heterocycles. The predicted molar refractivity (Wildman–Crippen MR) is 194 cm³/mol. The van der Waals surface area contributed by atoms with Crippen LogP contribution in [0.1, 0.15) is 61.5 Å². The molecule has 2 amide bonds. The lowest BCUT2D eigenvalue weighted by molar-refractivity contribution is -0.182. The van der Waals surface area contributed by atoms with Crippen LogP contribution in [0.2, 0.25) is 0 Å². The van der Waals surface area contributed by atoms with E-state index in [2.05, 4.69) is 29.5 Å². The van der Waals surface area contributed by atoms with Crippen molar-refractivity contribution < 1.29 is 29.4 Å². The molecule has 11 nitrogen and oxygen atoms in total. The van der Waals surface area contributed by atoms with E-state index in [9.17, 15) is 19.8 Å². The predicted octanol–water partition coefficient (Wildman–Crippen LogP) is 4.21. The third kappa shape index (κ3) is 8.46. The molecule has 50 heavy (non-hydrogen) atoms. The second-order valence-electron chi connectivity index (χ2n) is 14.1. The number of nitrogens with one attached hydrogen (secondary N) is 2. The van der Waals surface area contributed by atoms with Gasteiger partial charge in [-0.3, -0.25) is 19.4 Å². The number of methoxy groups -OCH3 is 1. The minimum atomic E-state index is -0.897. The molecule has 2 fully saturated rings. The van der Waals surface area contributed by atoms with Crippen LogP contribution in [-0.2, 0) is 22.6 Å². The Balaban J connectivity index is 1.43. The molecule has 1 aliphatic carbocycles. The average molecular weight is 688 g/mol. The number of rotatable bonds is 13. The minimum Gasteiger partial charge on any atom is -0.496 e. The molecule has 0 unspecified atom stereocenters. The molecule has 1 saturated carbocycles. The molecule has 270 valence electrons. The van der Waals surface area contributed by atoms with E-state index in [-0.39, 0.29) is 31.0 Å². The highest BCUT2D eigenvalue weighted by atomic mass is 16.7. The Morgan fingerprint density at radius 2 is 1.94 bits per heavy atom. The summed E-state index contributed by atoms with van der Waals surface area (Å²) in [7, 11) is 5.45. The fraction of sp³-hybridized carbons (Fsp3) is 0.513. The van der Waals surface area contributed by atoms with Gasteiger partial charge in [-0.1, -0.05) is 51.0 Å². The van der Waals surface area contributed by atoms with E-state index < -0.39 is 24.2 Å². The number of aromatic nitrogens is 1. The quantitative estimate of drug-likeness (QED) is 0.208. The number of aliphatic hydroxyl groups excluding tert-OH is 2. The number of carbonyl (C=O) groups excluding carboxylic acids is 2. The minimum absolute atomic E-state index is 0.0273. The van der Waals surface area contributed by atoms with Gasteiger partial charge in [0, 0.05) is 67.4 Å². The molecule has 5 rings (SSSR count). The van der Waals surface area contributed by atoms with E-state index in [1.807, 2.05) is 67.5 Å². The SMILES string of the molecule is COc1c(CN2O[C@@H](CO)[C@H]([C@H](C)O)[C@H]2C(=O)N[C@H]2CCC[C@@H](C)[C@@H]2C)cccc1-c1cc(C(=O)NCCc2cccnc2)cc(N(C)C)c1. The van der Waals surface area contributed by atoms with Crippen molar-refractivity contribution in [2.75, 3.05) is 39.3 Å². The number of hydroxylamine groups is 2. The summed E-state index contributed by atoms with van der Waals surface area (Å²) in [4.78, 5) is 39.8. The number of para-hydroxylation sites is 1. The third-order valence-electron chi connectivity index (χ3n) is 10.5. The van der Waals surface area contributed by atoms with Crippen molar-refractivity contribution >= 4 is 17.5 Å². The second-order valence-corrected chi connectivity index (χ2v) is 14.1. The molecule has 1 saturated heterocycles. The number of hydrogen-bond acceptors (Lipinski definition) is 9. The number of ether oxygens (including phenoxy) is 1. The van der Waals surface area contributed by atoms with Gasteiger partial charge in [-0.2, -0.15) is 5.06 Å². The van der Waals surface area contributed by atoms with Crippen LogP contribution in [-0.4, -0.2) is 90.7 Å².